The number of halogens is 1. The van der Waals surface area contributed by atoms with E-state index in [9.17, 15) is 4.79 Å². The minimum Gasteiger partial charge on any atom is -0.486 e. The van der Waals surface area contributed by atoms with Crippen LogP contribution in [-0.2, 0) is 11.2 Å². The molecule has 7 heteroatoms. The van der Waals surface area contributed by atoms with Gasteiger partial charge in [0, 0.05) is 5.56 Å². The first-order valence-corrected chi connectivity index (χ1v) is 6.79. The number of carbonyl (C=O) groups is 1. The number of aliphatic carboxylic acids is 1. The SMILES string of the molecule is O=C(O)Cc1[nH]c(Br)nc1-c1ccc2c(c1)OCCO2. The number of ether oxygens (including phenoxy) is 2. The fourth-order valence-corrected chi connectivity index (χ4v) is 2.50. The van der Waals surface area contributed by atoms with Gasteiger partial charge in [0.05, 0.1) is 17.8 Å². The lowest BCUT2D eigenvalue weighted by molar-refractivity contribution is -0.136. The summed E-state index contributed by atoms with van der Waals surface area (Å²) in [4.78, 5) is 18.1. The molecular formula is C13H11BrN2O4. The minimum atomic E-state index is -0.917. The molecule has 1 aromatic carbocycles. The van der Waals surface area contributed by atoms with Gasteiger partial charge in [-0.1, -0.05) is 0 Å². The summed E-state index contributed by atoms with van der Waals surface area (Å²) < 4.78 is 11.5. The number of carboxylic acids is 1. The van der Waals surface area contributed by atoms with Crippen molar-refractivity contribution in [2.24, 2.45) is 0 Å². The Kier molecular flexibility index (Phi) is 3.35. The molecule has 0 aliphatic carbocycles. The Hall–Kier alpha value is -2.02. The Balaban J connectivity index is 2.02. The van der Waals surface area contributed by atoms with E-state index in [0.29, 0.717) is 40.8 Å². The molecule has 0 radical (unpaired) electrons. The van der Waals surface area contributed by atoms with Crippen LogP contribution in [0.3, 0.4) is 0 Å². The van der Waals surface area contributed by atoms with Crippen LogP contribution in [0.15, 0.2) is 22.9 Å². The van der Waals surface area contributed by atoms with E-state index < -0.39 is 5.97 Å². The molecule has 1 aliphatic rings. The molecule has 0 atom stereocenters. The summed E-state index contributed by atoms with van der Waals surface area (Å²) in [5, 5.41) is 8.93. The smallest absolute Gasteiger partial charge is 0.309 e. The fraction of sp³-hybridized carbons (Fsp3) is 0.231. The third kappa shape index (κ3) is 2.49. The molecule has 2 aromatic rings. The number of aromatic nitrogens is 2. The van der Waals surface area contributed by atoms with Crippen LogP contribution in [0.5, 0.6) is 11.5 Å². The van der Waals surface area contributed by atoms with Gasteiger partial charge < -0.3 is 19.6 Å². The number of imidazole rings is 1. The Morgan fingerprint density at radius 3 is 2.85 bits per heavy atom. The Morgan fingerprint density at radius 2 is 2.10 bits per heavy atom. The summed E-state index contributed by atoms with van der Waals surface area (Å²) in [6.45, 7) is 1.03. The van der Waals surface area contributed by atoms with E-state index in [0.717, 1.165) is 5.56 Å². The molecule has 2 N–H and O–H groups in total. The minimum absolute atomic E-state index is 0.123. The quantitative estimate of drug-likeness (QED) is 0.896. The molecule has 1 aliphatic heterocycles. The normalized spacial score (nSPS) is 13.2. The van der Waals surface area contributed by atoms with Crippen LogP contribution >= 0.6 is 15.9 Å². The van der Waals surface area contributed by atoms with Crippen LogP contribution in [0.25, 0.3) is 11.3 Å². The highest BCUT2D eigenvalue weighted by Gasteiger charge is 2.17. The number of benzene rings is 1. The first kappa shape index (κ1) is 13.0. The monoisotopic (exact) mass is 338 g/mol. The van der Waals surface area contributed by atoms with Gasteiger partial charge in [-0.3, -0.25) is 4.79 Å². The lowest BCUT2D eigenvalue weighted by Crippen LogP contribution is -2.15. The molecule has 0 bridgehead atoms. The van der Waals surface area contributed by atoms with E-state index in [2.05, 4.69) is 25.9 Å². The standard InChI is InChI=1S/C13H11BrN2O4/c14-13-15-8(6-11(17)18)12(16-13)7-1-2-9-10(5-7)20-4-3-19-9/h1-2,5H,3-4,6H2,(H,15,16)(H,17,18). The maximum absolute atomic E-state index is 10.9. The first-order valence-electron chi connectivity index (χ1n) is 5.99. The van der Waals surface area contributed by atoms with E-state index >= 15 is 0 Å². The average Bonchev–Trinajstić information content (AvgIpc) is 2.78. The van der Waals surface area contributed by atoms with E-state index in [1.165, 1.54) is 0 Å². The van der Waals surface area contributed by atoms with Crippen LogP contribution in [0.2, 0.25) is 0 Å². The molecule has 20 heavy (non-hydrogen) atoms. The highest BCUT2D eigenvalue weighted by atomic mass is 79.9. The van der Waals surface area contributed by atoms with Crippen molar-refractivity contribution >= 4 is 21.9 Å². The second-order valence-electron chi connectivity index (χ2n) is 4.28. The van der Waals surface area contributed by atoms with Gasteiger partial charge >= 0.3 is 5.97 Å². The summed E-state index contributed by atoms with van der Waals surface area (Å²) in [6, 6.07) is 5.45. The molecule has 104 valence electrons. The Bertz CT molecular complexity index is 668. The first-order chi connectivity index (χ1) is 9.63. The molecule has 0 saturated carbocycles. The third-order valence-corrected chi connectivity index (χ3v) is 3.27. The number of rotatable bonds is 3. The van der Waals surface area contributed by atoms with Crippen molar-refractivity contribution in [3.63, 3.8) is 0 Å². The largest absolute Gasteiger partial charge is 0.486 e. The van der Waals surface area contributed by atoms with Crippen molar-refractivity contribution < 1.29 is 19.4 Å². The van der Waals surface area contributed by atoms with Crippen molar-refractivity contribution in [3.05, 3.63) is 28.6 Å². The maximum atomic E-state index is 10.9. The zero-order chi connectivity index (χ0) is 14.1. The number of hydrogen-bond donors (Lipinski definition) is 2. The van der Waals surface area contributed by atoms with Gasteiger partial charge in [-0.15, -0.1) is 0 Å². The molecule has 1 aromatic heterocycles. The summed E-state index contributed by atoms with van der Waals surface area (Å²) >= 11 is 3.23. The molecule has 3 rings (SSSR count). The van der Waals surface area contributed by atoms with E-state index in [1.807, 2.05) is 12.1 Å². The highest BCUT2D eigenvalue weighted by Crippen LogP contribution is 2.35. The van der Waals surface area contributed by atoms with Crippen molar-refractivity contribution in [3.8, 4) is 22.8 Å². The summed E-state index contributed by atoms with van der Waals surface area (Å²) in [5.74, 6) is 0.420. The van der Waals surface area contributed by atoms with Crippen LogP contribution in [0, 0.1) is 0 Å². The van der Waals surface area contributed by atoms with Crippen LogP contribution in [0.4, 0.5) is 0 Å². The van der Waals surface area contributed by atoms with E-state index in [1.54, 1.807) is 6.07 Å². The topological polar surface area (TPSA) is 84.4 Å². The van der Waals surface area contributed by atoms with Crippen LogP contribution in [-0.4, -0.2) is 34.3 Å². The summed E-state index contributed by atoms with van der Waals surface area (Å²) in [7, 11) is 0. The van der Waals surface area contributed by atoms with Crippen molar-refractivity contribution in [1.29, 1.82) is 0 Å². The molecule has 6 nitrogen and oxygen atoms in total. The van der Waals surface area contributed by atoms with Crippen molar-refractivity contribution in [2.75, 3.05) is 13.2 Å². The van der Waals surface area contributed by atoms with Crippen molar-refractivity contribution in [1.82, 2.24) is 9.97 Å². The van der Waals surface area contributed by atoms with Gasteiger partial charge in [0.15, 0.2) is 16.2 Å². The number of H-pyrrole nitrogens is 1. The van der Waals surface area contributed by atoms with Crippen molar-refractivity contribution in [2.45, 2.75) is 6.42 Å². The van der Waals surface area contributed by atoms with Crippen LogP contribution in [0.1, 0.15) is 5.69 Å². The molecule has 2 heterocycles. The number of hydrogen-bond acceptors (Lipinski definition) is 4. The Labute approximate surface area is 122 Å². The maximum Gasteiger partial charge on any atom is 0.309 e. The molecule has 0 amide bonds. The zero-order valence-corrected chi connectivity index (χ0v) is 11.9. The molecule has 0 saturated heterocycles. The van der Waals surface area contributed by atoms with Gasteiger partial charge in [-0.05, 0) is 34.1 Å². The van der Waals surface area contributed by atoms with Gasteiger partial charge in [-0.25, -0.2) is 4.98 Å². The third-order valence-electron chi connectivity index (χ3n) is 2.89. The predicted octanol–water partition coefficient (Wildman–Crippen LogP) is 2.24. The van der Waals surface area contributed by atoms with E-state index in [-0.39, 0.29) is 6.42 Å². The molecule has 0 unspecified atom stereocenters. The lowest BCUT2D eigenvalue weighted by atomic mass is 10.1. The van der Waals surface area contributed by atoms with Gasteiger partial charge in [-0.2, -0.15) is 0 Å². The zero-order valence-electron chi connectivity index (χ0n) is 10.4. The van der Waals surface area contributed by atoms with Crippen LogP contribution < -0.4 is 9.47 Å². The predicted molar refractivity (Wildman–Crippen MR) is 74.1 cm³/mol. The summed E-state index contributed by atoms with van der Waals surface area (Å²) in [5.41, 5.74) is 1.92. The number of aromatic amines is 1. The van der Waals surface area contributed by atoms with E-state index in [4.69, 9.17) is 14.6 Å². The number of nitrogens with one attached hydrogen (secondary N) is 1. The lowest BCUT2D eigenvalue weighted by Gasteiger charge is -2.18. The second kappa shape index (κ2) is 5.16. The fourth-order valence-electron chi connectivity index (χ4n) is 2.09. The molecule has 0 fully saturated rings. The average molecular weight is 339 g/mol. The summed E-state index contributed by atoms with van der Waals surface area (Å²) in [6.07, 6.45) is -0.123. The molecule has 0 spiro atoms. The second-order valence-corrected chi connectivity index (χ2v) is 5.03. The molecular weight excluding hydrogens is 328 g/mol. The van der Waals surface area contributed by atoms with Gasteiger partial charge in [0.25, 0.3) is 0 Å². The number of fused-ring (bicyclic) bond motifs is 1. The number of nitrogens with zero attached hydrogens (tertiary/aromatic N) is 1. The van der Waals surface area contributed by atoms with Gasteiger partial charge in [0.2, 0.25) is 0 Å². The Morgan fingerprint density at radius 1 is 1.35 bits per heavy atom. The highest BCUT2D eigenvalue weighted by molar-refractivity contribution is 9.10. The number of carboxylic acid groups (broad SMARTS) is 1. The van der Waals surface area contributed by atoms with Gasteiger partial charge in [0.1, 0.15) is 13.2 Å².